The average molecular weight is 363 g/mol. The van der Waals surface area contributed by atoms with E-state index in [0.29, 0.717) is 32.5 Å². The number of rotatable bonds is 5. The zero-order valence-electron chi connectivity index (χ0n) is 14.4. The van der Waals surface area contributed by atoms with Crippen molar-refractivity contribution in [3.05, 3.63) is 35.0 Å². The van der Waals surface area contributed by atoms with Gasteiger partial charge < -0.3 is 20.4 Å². The van der Waals surface area contributed by atoms with Gasteiger partial charge in [0.2, 0.25) is 5.91 Å². The summed E-state index contributed by atoms with van der Waals surface area (Å²) in [5.74, 6) is -0.252. The number of carbonyl (C=O) groups is 2. The van der Waals surface area contributed by atoms with Gasteiger partial charge in [0.15, 0.2) is 0 Å². The minimum absolute atomic E-state index is 0.0585. The maximum absolute atomic E-state index is 13.3. The Hall–Kier alpha value is -2.55. The Morgan fingerprint density at radius 3 is 2.62 bits per heavy atom. The van der Waals surface area contributed by atoms with Crippen LogP contribution in [-0.2, 0) is 4.79 Å². The van der Waals surface area contributed by atoms with Gasteiger partial charge in [-0.05, 0) is 56.6 Å². The van der Waals surface area contributed by atoms with E-state index in [9.17, 15) is 18.9 Å². The SMILES string of the molecule is O=NC(=O)NCCCN1CN(c2ccc(F)cc2)C2(CCNCC2)C1=O. The van der Waals surface area contributed by atoms with Gasteiger partial charge in [-0.25, -0.2) is 9.18 Å². The van der Waals surface area contributed by atoms with Crippen LogP contribution in [0, 0.1) is 10.7 Å². The van der Waals surface area contributed by atoms with Crippen molar-refractivity contribution in [2.45, 2.75) is 24.8 Å². The Morgan fingerprint density at radius 2 is 1.96 bits per heavy atom. The second-order valence-electron chi connectivity index (χ2n) is 6.57. The van der Waals surface area contributed by atoms with Gasteiger partial charge >= 0.3 is 6.03 Å². The zero-order chi connectivity index (χ0) is 18.6. The van der Waals surface area contributed by atoms with Gasteiger partial charge in [0.05, 0.1) is 6.67 Å². The molecule has 2 aliphatic heterocycles. The molecule has 1 aromatic rings. The van der Waals surface area contributed by atoms with Gasteiger partial charge in [0.1, 0.15) is 11.4 Å². The maximum Gasteiger partial charge on any atom is 0.378 e. The predicted molar refractivity (Wildman–Crippen MR) is 94.1 cm³/mol. The van der Waals surface area contributed by atoms with Crippen molar-refractivity contribution in [3.8, 4) is 0 Å². The number of carbonyl (C=O) groups excluding carboxylic acids is 2. The number of nitroso groups, excluding NO2 is 1. The number of nitrogens with one attached hydrogen (secondary N) is 2. The van der Waals surface area contributed by atoms with Crippen LogP contribution in [-0.4, -0.2) is 55.2 Å². The zero-order valence-corrected chi connectivity index (χ0v) is 14.4. The van der Waals surface area contributed by atoms with E-state index in [1.54, 1.807) is 17.0 Å². The van der Waals surface area contributed by atoms with E-state index in [1.807, 2.05) is 0 Å². The smallest absolute Gasteiger partial charge is 0.339 e. The highest BCUT2D eigenvalue weighted by molar-refractivity contribution is 5.93. The lowest BCUT2D eigenvalue weighted by atomic mass is 9.86. The number of nitrogens with zero attached hydrogens (tertiary/aromatic N) is 3. The highest BCUT2D eigenvalue weighted by Crippen LogP contribution is 2.38. The summed E-state index contributed by atoms with van der Waals surface area (Å²) < 4.78 is 13.3. The first kappa shape index (κ1) is 18.2. The second kappa shape index (κ2) is 7.77. The van der Waals surface area contributed by atoms with Crippen molar-refractivity contribution < 1.29 is 14.0 Å². The third-order valence-corrected chi connectivity index (χ3v) is 5.05. The predicted octanol–water partition coefficient (Wildman–Crippen LogP) is 1.42. The Kier molecular flexibility index (Phi) is 5.46. The van der Waals surface area contributed by atoms with Gasteiger partial charge in [0, 0.05) is 24.0 Å². The Labute approximate surface area is 150 Å². The number of hydrogen-bond acceptors (Lipinski definition) is 5. The molecule has 26 heavy (non-hydrogen) atoms. The van der Waals surface area contributed by atoms with Gasteiger partial charge in [-0.2, -0.15) is 0 Å². The van der Waals surface area contributed by atoms with Crippen LogP contribution in [0.2, 0.25) is 0 Å². The van der Waals surface area contributed by atoms with Gasteiger partial charge in [-0.3, -0.25) is 4.79 Å². The monoisotopic (exact) mass is 363 g/mol. The molecular formula is C17H22FN5O3. The van der Waals surface area contributed by atoms with E-state index in [2.05, 4.69) is 20.7 Å². The fraction of sp³-hybridized carbons (Fsp3) is 0.529. The number of hydrogen-bond donors (Lipinski definition) is 2. The van der Waals surface area contributed by atoms with E-state index in [0.717, 1.165) is 18.8 Å². The van der Waals surface area contributed by atoms with Crippen LogP contribution in [0.4, 0.5) is 14.9 Å². The van der Waals surface area contributed by atoms with Crippen LogP contribution in [0.1, 0.15) is 19.3 Å². The first-order valence-corrected chi connectivity index (χ1v) is 8.71. The highest BCUT2D eigenvalue weighted by atomic mass is 19.1. The molecule has 9 heteroatoms. The van der Waals surface area contributed by atoms with Crippen molar-refractivity contribution in [1.29, 1.82) is 0 Å². The number of anilines is 1. The van der Waals surface area contributed by atoms with Crippen molar-refractivity contribution in [2.75, 3.05) is 37.7 Å². The van der Waals surface area contributed by atoms with E-state index >= 15 is 0 Å². The number of benzene rings is 1. The fourth-order valence-electron chi connectivity index (χ4n) is 3.72. The minimum Gasteiger partial charge on any atom is -0.339 e. The summed E-state index contributed by atoms with van der Waals surface area (Å²) in [7, 11) is 0. The molecule has 0 radical (unpaired) electrons. The quantitative estimate of drug-likeness (QED) is 0.610. The fourth-order valence-corrected chi connectivity index (χ4v) is 3.72. The number of halogens is 1. The minimum atomic E-state index is -0.902. The van der Waals surface area contributed by atoms with Crippen molar-refractivity contribution in [2.24, 2.45) is 5.18 Å². The molecule has 3 amide bonds. The summed E-state index contributed by atoms with van der Waals surface area (Å²) >= 11 is 0. The lowest BCUT2D eigenvalue weighted by Gasteiger charge is -2.40. The topological polar surface area (TPSA) is 94.1 Å². The number of amides is 3. The second-order valence-corrected chi connectivity index (χ2v) is 6.57. The van der Waals surface area contributed by atoms with Crippen molar-refractivity contribution >= 4 is 17.6 Å². The van der Waals surface area contributed by atoms with Crippen LogP contribution >= 0.6 is 0 Å². The molecule has 0 aliphatic carbocycles. The molecule has 0 saturated carbocycles. The third kappa shape index (κ3) is 3.52. The summed E-state index contributed by atoms with van der Waals surface area (Å²) in [5.41, 5.74) is 0.207. The first-order valence-electron chi connectivity index (χ1n) is 8.71. The lowest BCUT2D eigenvalue weighted by molar-refractivity contribution is -0.133. The molecule has 2 saturated heterocycles. The van der Waals surface area contributed by atoms with Crippen LogP contribution in [0.5, 0.6) is 0 Å². The third-order valence-electron chi connectivity index (χ3n) is 5.05. The average Bonchev–Trinajstić information content (AvgIpc) is 2.92. The van der Waals surface area contributed by atoms with Gasteiger partial charge in [-0.15, -0.1) is 4.91 Å². The molecule has 0 unspecified atom stereocenters. The van der Waals surface area contributed by atoms with Gasteiger partial charge in [0.25, 0.3) is 0 Å². The Balaban J connectivity index is 1.73. The first-order chi connectivity index (χ1) is 12.6. The van der Waals surface area contributed by atoms with Crippen molar-refractivity contribution in [1.82, 2.24) is 15.5 Å². The molecule has 3 rings (SSSR count). The molecule has 0 atom stereocenters. The van der Waals surface area contributed by atoms with E-state index in [4.69, 9.17) is 0 Å². The molecule has 2 aliphatic rings. The highest BCUT2D eigenvalue weighted by Gasteiger charge is 2.52. The standard InChI is InChI=1S/C17H22FN5O3/c18-13-2-4-14(5-3-13)23-12-22(11-1-8-20-16(25)21-26)15(24)17(23)6-9-19-10-7-17/h2-5,19H,1,6-12H2,(H,20,25). The normalized spacial score (nSPS) is 19.0. The number of piperidine rings is 1. The summed E-state index contributed by atoms with van der Waals surface area (Å²) in [6, 6.07) is 5.30. The van der Waals surface area contributed by atoms with Crippen molar-refractivity contribution in [3.63, 3.8) is 0 Å². The number of urea groups is 1. The molecule has 0 aromatic heterocycles. The molecule has 0 bridgehead atoms. The summed E-state index contributed by atoms with van der Waals surface area (Å²) in [5, 5.41) is 7.92. The van der Waals surface area contributed by atoms with Crippen LogP contribution in [0.25, 0.3) is 0 Å². The van der Waals surface area contributed by atoms with Gasteiger partial charge in [-0.1, -0.05) is 0 Å². The molecule has 2 fully saturated rings. The summed E-state index contributed by atoms with van der Waals surface area (Å²) in [6.07, 6.45) is 1.90. The van der Waals surface area contributed by atoms with E-state index in [-0.39, 0.29) is 18.3 Å². The molecule has 8 nitrogen and oxygen atoms in total. The maximum atomic E-state index is 13.3. The Morgan fingerprint density at radius 1 is 1.27 bits per heavy atom. The molecule has 2 heterocycles. The molecule has 2 N–H and O–H groups in total. The van der Waals surface area contributed by atoms with E-state index in [1.165, 1.54) is 12.1 Å². The van der Waals surface area contributed by atoms with Crippen LogP contribution < -0.4 is 15.5 Å². The molecule has 1 spiro atoms. The van der Waals surface area contributed by atoms with Crippen LogP contribution in [0.3, 0.4) is 0 Å². The van der Waals surface area contributed by atoms with E-state index < -0.39 is 11.6 Å². The largest absolute Gasteiger partial charge is 0.378 e. The molecule has 1 aromatic carbocycles. The molecular weight excluding hydrogens is 341 g/mol. The Bertz CT molecular complexity index is 675. The summed E-state index contributed by atoms with van der Waals surface area (Å²) in [6.45, 7) is 2.66. The lowest BCUT2D eigenvalue weighted by Crippen LogP contribution is -2.55. The molecule has 140 valence electrons. The van der Waals surface area contributed by atoms with Crippen LogP contribution in [0.15, 0.2) is 29.4 Å². The summed E-state index contributed by atoms with van der Waals surface area (Å²) in [4.78, 5) is 37.9.